The normalized spacial score (nSPS) is 20.5. The maximum Gasteiger partial charge on any atom is 0.329 e. The molecular weight excluding hydrogens is 416 g/mol. The number of aliphatic hydroxyl groups excluding tert-OH is 1. The van der Waals surface area contributed by atoms with Crippen molar-refractivity contribution in [1.82, 2.24) is 19.5 Å². The number of carbonyl (C=O) groups is 2. The SMILES string of the molecule is O=CC1O[C@@H](n2c(=O)[nH]c3c(NC(=O)Nc4ccc5ccccc5c4)ncnc32)CC1O. The standard InChI is InChI=1S/C21H18N6O5/c28-9-15-14(29)8-16(32-15)27-19-17(25-21(27)31)18(22-10-23-19)26-20(30)24-13-6-5-11-3-1-2-4-12(11)7-13/h1-7,9-10,14-16,29H,8H2,(H,25,31)(H2,22,23,24,26,30)/t14?,15?,16-/m1/s1. The first-order chi connectivity index (χ1) is 15.5. The van der Waals surface area contributed by atoms with E-state index >= 15 is 0 Å². The number of H-pyrrole nitrogens is 1. The summed E-state index contributed by atoms with van der Waals surface area (Å²) in [6.07, 6.45) is -1.20. The molecule has 2 aromatic carbocycles. The molecule has 4 aromatic rings. The zero-order valence-corrected chi connectivity index (χ0v) is 16.6. The van der Waals surface area contributed by atoms with E-state index in [1.165, 1.54) is 10.9 Å². The van der Waals surface area contributed by atoms with E-state index in [0.29, 0.717) is 12.0 Å². The molecule has 2 unspecified atom stereocenters. The predicted octanol–water partition coefficient (Wildman–Crippen LogP) is 1.76. The van der Waals surface area contributed by atoms with Gasteiger partial charge < -0.3 is 24.9 Å². The summed E-state index contributed by atoms with van der Waals surface area (Å²) >= 11 is 0. The zero-order chi connectivity index (χ0) is 22.2. The van der Waals surface area contributed by atoms with Crippen LogP contribution in [0.15, 0.2) is 53.6 Å². The Morgan fingerprint density at radius 1 is 1.19 bits per heavy atom. The number of urea groups is 1. The minimum Gasteiger partial charge on any atom is -0.390 e. The third-order valence-corrected chi connectivity index (χ3v) is 5.30. The van der Waals surface area contributed by atoms with Crippen LogP contribution in [-0.2, 0) is 9.53 Å². The Morgan fingerprint density at radius 3 is 2.78 bits per heavy atom. The van der Waals surface area contributed by atoms with Gasteiger partial charge in [-0.2, -0.15) is 0 Å². The molecule has 4 N–H and O–H groups in total. The van der Waals surface area contributed by atoms with E-state index in [1.54, 1.807) is 6.07 Å². The summed E-state index contributed by atoms with van der Waals surface area (Å²) < 4.78 is 6.65. The molecule has 0 saturated carbocycles. The summed E-state index contributed by atoms with van der Waals surface area (Å²) in [5.41, 5.74) is 0.390. The number of carbonyl (C=O) groups excluding carboxylic acids is 2. The summed E-state index contributed by atoms with van der Waals surface area (Å²) in [6.45, 7) is 0. The molecule has 1 saturated heterocycles. The number of aromatic amines is 1. The molecule has 3 heterocycles. The molecule has 0 radical (unpaired) electrons. The smallest absolute Gasteiger partial charge is 0.329 e. The van der Waals surface area contributed by atoms with Crippen LogP contribution < -0.4 is 16.3 Å². The van der Waals surface area contributed by atoms with Crippen molar-refractivity contribution in [3.63, 3.8) is 0 Å². The third-order valence-electron chi connectivity index (χ3n) is 5.30. The second-order valence-electron chi connectivity index (χ2n) is 7.36. The fourth-order valence-electron chi connectivity index (χ4n) is 3.79. The molecule has 3 atom stereocenters. The predicted molar refractivity (Wildman–Crippen MR) is 115 cm³/mol. The molecular formula is C21H18N6O5. The molecule has 0 bridgehead atoms. The van der Waals surface area contributed by atoms with Crippen LogP contribution in [0.5, 0.6) is 0 Å². The minimum atomic E-state index is -1.03. The monoisotopic (exact) mass is 434 g/mol. The van der Waals surface area contributed by atoms with Gasteiger partial charge in [-0.15, -0.1) is 0 Å². The van der Waals surface area contributed by atoms with E-state index in [0.717, 1.165) is 10.8 Å². The average molecular weight is 434 g/mol. The average Bonchev–Trinajstić information content (AvgIpc) is 3.32. The first-order valence-electron chi connectivity index (χ1n) is 9.84. The van der Waals surface area contributed by atoms with E-state index in [4.69, 9.17) is 4.74 Å². The number of anilines is 2. The molecule has 1 fully saturated rings. The number of hydrogen-bond donors (Lipinski definition) is 4. The first-order valence-corrected chi connectivity index (χ1v) is 9.84. The highest BCUT2D eigenvalue weighted by Gasteiger charge is 2.36. The van der Waals surface area contributed by atoms with E-state index in [1.807, 2.05) is 36.4 Å². The van der Waals surface area contributed by atoms with Crippen LogP contribution >= 0.6 is 0 Å². The van der Waals surface area contributed by atoms with Gasteiger partial charge in [0.05, 0.1) is 6.10 Å². The second kappa shape index (κ2) is 7.87. The van der Waals surface area contributed by atoms with Crippen molar-refractivity contribution in [1.29, 1.82) is 0 Å². The number of ether oxygens (including phenoxy) is 1. The van der Waals surface area contributed by atoms with Crippen LogP contribution in [0.1, 0.15) is 12.6 Å². The van der Waals surface area contributed by atoms with Gasteiger partial charge in [0.1, 0.15) is 24.2 Å². The lowest BCUT2D eigenvalue weighted by molar-refractivity contribution is -0.122. The van der Waals surface area contributed by atoms with Gasteiger partial charge in [-0.3, -0.25) is 5.32 Å². The van der Waals surface area contributed by atoms with E-state index in [-0.39, 0.29) is 23.4 Å². The van der Waals surface area contributed by atoms with Crippen LogP contribution in [0.3, 0.4) is 0 Å². The van der Waals surface area contributed by atoms with Gasteiger partial charge in [-0.1, -0.05) is 30.3 Å². The Morgan fingerprint density at radius 2 is 2.00 bits per heavy atom. The molecule has 11 heteroatoms. The summed E-state index contributed by atoms with van der Waals surface area (Å²) in [4.78, 5) is 46.9. The highest BCUT2D eigenvalue weighted by Crippen LogP contribution is 2.29. The van der Waals surface area contributed by atoms with Crippen molar-refractivity contribution in [2.75, 3.05) is 10.6 Å². The third kappa shape index (κ3) is 3.49. The number of nitrogens with one attached hydrogen (secondary N) is 3. The Balaban J connectivity index is 1.40. The number of nitrogens with zero attached hydrogens (tertiary/aromatic N) is 3. The summed E-state index contributed by atoms with van der Waals surface area (Å²) in [7, 11) is 0. The number of hydrogen-bond acceptors (Lipinski definition) is 7. The fraction of sp³-hybridized carbons (Fsp3) is 0.190. The summed E-state index contributed by atoms with van der Waals surface area (Å²) in [6, 6.07) is 12.7. The summed E-state index contributed by atoms with van der Waals surface area (Å²) in [5, 5.41) is 17.3. The van der Waals surface area contributed by atoms with Crippen LogP contribution in [0.2, 0.25) is 0 Å². The van der Waals surface area contributed by atoms with Crippen molar-refractivity contribution < 1.29 is 19.4 Å². The second-order valence-corrected chi connectivity index (χ2v) is 7.36. The molecule has 32 heavy (non-hydrogen) atoms. The molecule has 2 aromatic heterocycles. The first kappa shape index (κ1) is 19.8. The van der Waals surface area contributed by atoms with Gasteiger partial charge in [0.15, 0.2) is 17.8 Å². The number of aldehydes is 1. The van der Waals surface area contributed by atoms with Crippen molar-refractivity contribution in [2.45, 2.75) is 24.9 Å². The van der Waals surface area contributed by atoms with Crippen LogP contribution in [0.25, 0.3) is 21.9 Å². The Bertz CT molecular complexity index is 1400. The van der Waals surface area contributed by atoms with Gasteiger partial charge in [-0.05, 0) is 22.9 Å². The van der Waals surface area contributed by atoms with Gasteiger partial charge in [0.2, 0.25) is 0 Å². The van der Waals surface area contributed by atoms with Crippen molar-refractivity contribution in [3.05, 3.63) is 59.3 Å². The maximum absolute atomic E-state index is 12.6. The molecule has 11 nitrogen and oxygen atoms in total. The number of amides is 2. The number of rotatable bonds is 4. The molecule has 1 aliphatic rings. The minimum absolute atomic E-state index is 0.0471. The van der Waals surface area contributed by atoms with E-state index in [2.05, 4.69) is 25.6 Å². The molecule has 162 valence electrons. The van der Waals surface area contributed by atoms with E-state index in [9.17, 15) is 19.5 Å². The largest absolute Gasteiger partial charge is 0.390 e. The van der Waals surface area contributed by atoms with E-state index < -0.39 is 30.2 Å². The molecule has 1 aliphatic heterocycles. The van der Waals surface area contributed by atoms with Gasteiger partial charge in [-0.25, -0.2) is 24.1 Å². The number of benzene rings is 2. The number of aromatic nitrogens is 4. The highest BCUT2D eigenvalue weighted by atomic mass is 16.5. The molecule has 0 aliphatic carbocycles. The Hall–Kier alpha value is -4.09. The Labute approximate surface area is 180 Å². The van der Waals surface area contributed by atoms with Crippen molar-refractivity contribution >= 4 is 45.8 Å². The topological polar surface area (TPSA) is 151 Å². The van der Waals surface area contributed by atoms with Crippen LogP contribution in [0.4, 0.5) is 16.3 Å². The lowest BCUT2D eigenvalue weighted by Gasteiger charge is -2.11. The highest BCUT2D eigenvalue weighted by molar-refractivity contribution is 6.03. The number of aliphatic hydroxyl groups is 1. The van der Waals surface area contributed by atoms with Crippen molar-refractivity contribution in [3.8, 4) is 0 Å². The van der Waals surface area contributed by atoms with Crippen LogP contribution in [-0.4, -0.2) is 49.2 Å². The lowest BCUT2D eigenvalue weighted by atomic mass is 10.1. The van der Waals surface area contributed by atoms with Gasteiger partial charge in [0, 0.05) is 12.1 Å². The van der Waals surface area contributed by atoms with Gasteiger partial charge >= 0.3 is 11.7 Å². The van der Waals surface area contributed by atoms with Gasteiger partial charge in [0.25, 0.3) is 0 Å². The fourth-order valence-corrected chi connectivity index (χ4v) is 3.79. The molecule has 2 amide bonds. The Kier molecular flexibility index (Phi) is 4.88. The van der Waals surface area contributed by atoms with Crippen molar-refractivity contribution in [2.24, 2.45) is 0 Å². The molecule has 5 rings (SSSR count). The summed E-state index contributed by atoms with van der Waals surface area (Å²) in [5.74, 6) is 0.0922. The maximum atomic E-state index is 12.6. The van der Waals surface area contributed by atoms with Crippen LogP contribution in [0, 0.1) is 0 Å². The quantitative estimate of drug-likeness (QED) is 0.357. The zero-order valence-electron chi connectivity index (χ0n) is 16.6. The molecule has 0 spiro atoms. The number of imidazole rings is 1. The number of fused-ring (bicyclic) bond motifs is 2. The lowest BCUT2D eigenvalue weighted by Crippen LogP contribution is -2.23.